The minimum absolute atomic E-state index is 0.153. The monoisotopic (exact) mass is 430 g/mol. The third-order valence-corrected chi connectivity index (χ3v) is 7.51. The van der Waals surface area contributed by atoms with Gasteiger partial charge in [-0.05, 0) is 60.9 Å². The Kier molecular flexibility index (Phi) is 4.75. The minimum atomic E-state index is -1.14. The fourth-order valence-electron chi connectivity index (χ4n) is 6.11. The molecule has 8 nitrogen and oxygen atoms in total. The molecule has 1 saturated carbocycles. The van der Waals surface area contributed by atoms with Crippen LogP contribution in [0.4, 0.5) is 0 Å². The molecule has 164 valence electrons. The number of carbonyl (C=O) groups is 1. The minimum Gasteiger partial charge on any atom is -0.381 e. The summed E-state index contributed by atoms with van der Waals surface area (Å²) < 4.78 is 5.70. The van der Waals surface area contributed by atoms with Crippen LogP contribution >= 0.6 is 0 Å². The van der Waals surface area contributed by atoms with Crippen molar-refractivity contribution in [1.29, 1.82) is 5.26 Å². The molecule has 32 heavy (non-hydrogen) atoms. The zero-order chi connectivity index (χ0) is 22.5. The van der Waals surface area contributed by atoms with Crippen molar-refractivity contribution in [3.63, 3.8) is 0 Å². The third kappa shape index (κ3) is 2.77. The molecule has 2 N–H and O–H groups in total. The van der Waals surface area contributed by atoms with E-state index in [1.165, 1.54) is 4.90 Å². The highest BCUT2D eigenvalue weighted by atomic mass is 16.5. The molecule has 3 aliphatic rings. The van der Waals surface area contributed by atoms with Gasteiger partial charge in [0.1, 0.15) is 5.82 Å². The predicted molar refractivity (Wildman–Crippen MR) is 117 cm³/mol. The van der Waals surface area contributed by atoms with E-state index in [-0.39, 0.29) is 30.4 Å². The fraction of sp³-hybridized carbons (Fsp3) is 0.458. The molecule has 2 aliphatic carbocycles. The number of hydrogen-bond donors (Lipinski definition) is 1. The molecule has 1 fully saturated rings. The first kappa shape index (κ1) is 20.6. The summed E-state index contributed by atoms with van der Waals surface area (Å²) in [6.07, 6.45) is 6.61. The zero-order valence-corrected chi connectivity index (χ0v) is 18.3. The number of nitrogens with two attached hydrogens (primary N) is 1. The van der Waals surface area contributed by atoms with E-state index in [9.17, 15) is 10.1 Å². The Morgan fingerprint density at radius 1 is 1.34 bits per heavy atom. The Balaban J connectivity index is 1.63. The van der Waals surface area contributed by atoms with Gasteiger partial charge in [0.05, 0.1) is 24.3 Å². The highest BCUT2D eigenvalue weighted by molar-refractivity contribution is 6.08. The van der Waals surface area contributed by atoms with Gasteiger partial charge in [-0.15, -0.1) is 0 Å². The molecule has 0 radical (unpaired) electrons. The van der Waals surface area contributed by atoms with Crippen molar-refractivity contribution in [2.45, 2.75) is 50.8 Å². The van der Waals surface area contributed by atoms with Gasteiger partial charge in [0.25, 0.3) is 5.91 Å². The van der Waals surface area contributed by atoms with Crippen LogP contribution in [0.5, 0.6) is 0 Å². The molecule has 0 unspecified atom stereocenters. The molecule has 2 aromatic rings. The van der Waals surface area contributed by atoms with E-state index in [2.05, 4.69) is 23.0 Å². The highest BCUT2D eigenvalue weighted by Gasteiger charge is 2.67. The van der Waals surface area contributed by atoms with E-state index in [0.717, 1.165) is 36.8 Å². The van der Waals surface area contributed by atoms with Crippen molar-refractivity contribution in [3.05, 3.63) is 59.2 Å². The maximum absolute atomic E-state index is 14.2. The second-order valence-corrected chi connectivity index (χ2v) is 9.17. The molecule has 0 saturated heterocycles. The van der Waals surface area contributed by atoms with E-state index in [4.69, 9.17) is 15.5 Å². The summed E-state index contributed by atoms with van der Waals surface area (Å²) in [4.78, 5) is 29.1. The van der Waals surface area contributed by atoms with Crippen LogP contribution in [0.2, 0.25) is 0 Å². The van der Waals surface area contributed by atoms with Crippen molar-refractivity contribution in [2.75, 3.05) is 7.11 Å². The third-order valence-electron chi connectivity index (χ3n) is 7.51. The number of benzene rings is 1. The van der Waals surface area contributed by atoms with Crippen LogP contribution in [0.25, 0.3) is 0 Å². The number of aliphatic imine (C=N–C) groups is 1. The maximum Gasteiger partial charge on any atom is 0.262 e. The summed E-state index contributed by atoms with van der Waals surface area (Å²) in [5.74, 6) is 0.801. The molecular weight excluding hydrogens is 404 g/mol. The molecule has 2 spiro atoms. The van der Waals surface area contributed by atoms with Gasteiger partial charge in [0, 0.05) is 24.9 Å². The van der Waals surface area contributed by atoms with E-state index in [0.29, 0.717) is 11.4 Å². The average molecular weight is 431 g/mol. The molecule has 2 heterocycles. The van der Waals surface area contributed by atoms with Crippen LogP contribution in [-0.2, 0) is 28.0 Å². The molecule has 1 amide bonds. The van der Waals surface area contributed by atoms with Crippen molar-refractivity contribution in [1.82, 2.24) is 14.9 Å². The Hall–Kier alpha value is -3.31. The van der Waals surface area contributed by atoms with Gasteiger partial charge in [-0.2, -0.15) is 5.26 Å². The van der Waals surface area contributed by atoms with Crippen LogP contribution < -0.4 is 5.73 Å². The summed E-state index contributed by atoms with van der Waals surface area (Å²) in [5, 5.41) is 9.54. The normalized spacial score (nSPS) is 31.1. The predicted octanol–water partition coefficient (Wildman–Crippen LogP) is 2.28. The summed E-state index contributed by atoms with van der Waals surface area (Å²) >= 11 is 0. The van der Waals surface area contributed by atoms with Gasteiger partial charge in [-0.1, -0.05) is 13.0 Å². The highest BCUT2D eigenvalue weighted by Crippen LogP contribution is 2.62. The number of hydrogen-bond acceptors (Lipinski definition) is 7. The second-order valence-electron chi connectivity index (χ2n) is 9.17. The van der Waals surface area contributed by atoms with Gasteiger partial charge in [-0.25, -0.2) is 15.0 Å². The van der Waals surface area contributed by atoms with Gasteiger partial charge < -0.3 is 10.5 Å². The summed E-state index contributed by atoms with van der Waals surface area (Å²) in [6, 6.07) is 9.56. The summed E-state index contributed by atoms with van der Waals surface area (Å²) in [5.41, 5.74) is 7.23. The molecule has 5 rings (SSSR count). The largest absolute Gasteiger partial charge is 0.381 e. The molecule has 8 heteroatoms. The van der Waals surface area contributed by atoms with Gasteiger partial charge >= 0.3 is 0 Å². The van der Waals surface area contributed by atoms with Crippen LogP contribution in [0.1, 0.15) is 48.7 Å². The number of carbonyl (C=O) groups excluding carboxylic acids is 1. The van der Waals surface area contributed by atoms with Crippen LogP contribution in [0, 0.1) is 22.7 Å². The Labute approximate surface area is 187 Å². The lowest BCUT2D eigenvalue weighted by molar-refractivity contribution is -0.140. The number of nitrogens with zero attached hydrogens (tertiary/aromatic N) is 5. The lowest BCUT2D eigenvalue weighted by atomic mass is 9.59. The van der Waals surface area contributed by atoms with E-state index in [1.54, 1.807) is 25.6 Å². The molecule has 4 atom stereocenters. The van der Waals surface area contributed by atoms with Crippen molar-refractivity contribution in [2.24, 2.45) is 22.1 Å². The maximum atomic E-state index is 14.2. The zero-order valence-electron chi connectivity index (χ0n) is 18.3. The van der Waals surface area contributed by atoms with Crippen LogP contribution in [0.3, 0.4) is 0 Å². The van der Waals surface area contributed by atoms with Crippen LogP contribution in [-0.4, -0.2) is 39.9 Å². The number of fused-ring (bicyclic) bond motifs is 3. The van der Waals surface area contributed by atoms with Crippen LogP contribution in [0.15, 0.2) is 41.7 Å². The molecule has 1 aromatic heterocycles. The van der Waals surface area contributed by atoms with E-state index in [1.807, 2.05) is 18.2 Å². The smallest absolute Gasteiger partial charge is 0.262 e. The standard InChI is InChI=1S/C24H26N6O2/c1-15-11-23(7-6-19(15)32-2)12-17-5-4-16(13-25)10-18(17)24(23)21(31)30(22(26)29-24)14-20-27-8-3-9-28-20/h3-5,8-10,15,19H,6-7,11-12,14H2,1-2H3,(H2,26,29)/t15-,19-,23-,24+/m0/s1. The lowest BCUT2D eigenvalue weighted by Crippen LogP contribution is -2.53. The van der Waals surface area contributed by atoms with E-state index < -0.39 is 11.0 Å². The first-order valence-corrected chi connectivity index (χ1v) is 10.9. The first-order chi connectivity index (χ1) is 15.4. The first-order valence-electron chi connectivity index (χ1n) is 10.9. The molecule has 0 bridgehead atoms. The SMILES string of the molecule is CO[C@H]1CC[C@@]2(Cc3ccc(C#N)cc3[C@]23N=C(N)N(Cc2ncccn2)C3=O)C[C@@H]1C. The number of amides is 1. The van der Waals surface area contributed by atoms with Gasteiger partial charge in [0.2, 0.25) is 0 Å². The van der Waals surface area contributed by atoms with Crippen molar-refractivity contribution < 1.29 is 9.53 Å². The van der Waals surface area contributed by atoms with Gasteiger partial charge in [-0.3, -0.25) is 9.69 Å². The average Bonchev–Trinajstić information content (AvgIpc) is 3.20. The Morgan fingerprint density at radius 2 is 2.12 bits per heavy atom. The Bertz CT molecular complexity index is 1140. The lowest BCUT2D eigenvalue weighted by Gasteiger charge is -2.47. The number of aromatic nitrogens is 2. The number of rotatable bonds is 3. The number of ether oxygens (including phenoxy) is 1. The van der Waals surface area contributed by atoms with Crippen molar-refractivity contribution >= 4 is 11.9 Å². The molecule has 1 aromatic carbocycles. The fourth-order valence-corrected chi connectivity index (χ4v) is 6.11. The molecule has 1 aliphatic heterocycles. The number of guanidine groups is 1. The quantitative estimate of drug-likeness (QED) is 0.798. The summed E-state index contributed by atoms with van der Waals surface area (Å²) in [6.45, 7) is 2.34. The van der Waals surface area contributed by atoms with Crippen molar-refractivity contribution in [3.8, 4) is 6.07 Å². The Morgan fingerprint density at radius 3 is 2.81 bits per heavy atom. The number of methoxy groups -OCH3 is 1. The molecular formula is C24H26N6O2. The summed E-state index contributed by atoms with van der Waals surface area (Å²) in [7, 11) is 1.75. The second kappa shape index (κ2) is 7.38. The van der Waals surface area contributed by atoms with Gasteiger partial charge in [0.15, 0.2) is 11.5 Å². The topological polar surface area (TPSA) is 117 Å². The number of nitriles is 1. The van der Waals surface area contributed by atoms with E-state index >= 15 is 0 Å².